The fraction of sp³-hybridized carbons (Fsp3) is 0.355. The van der Waals surface area contributed by atoms with Gasteiger partial charge in [0.05, 0.1) is 30.3 Å². The van der Waals surface area contributed by atoms with E-state index in [4.69, 9.17) is 32.9 Å². The molecule has 0 unspecified atom stereocenters. The Morgan fingerprint density at radius 3 is 2.10 bits per heavy atom. The molecule has 1 saturated carbocycles. The predicted octanol–water partition coefficient (Wildman–Crippen LogP) is 5.84. The third-order valence-corrected chi connectivity index (χ3v) is 8.69. The monoisotopic (exact) mass is 563 g/mol. The van der Waals surface area contributed by atoms with E-state index in [-0.39, 0.29) is 0 Å². The number of aliphatic hydroxyl groups is 1. The van der Waals surface area contributed by atoms with Gasteiger partial charge in [-0.25, -0.2) is 4.98 Å². The van der Waals surface area contributed by atoms with Crippen molar-refractivity contribution in [3.63, 3.8) is 0 Å². The molecular weight excluding hydrogens is 533 g/mol. The van der Waals surface area contributed by atoms with E-state index in [2.05, 4.69) is 9.88 Å². The van der Waals surface area contributed by atoms with Gasteiger partial charge < -0.3 is 19.7 Å². The van der Waals surface area contributed by atoms with Gasteiger partial charge in [-0.15, -0.1) is 0 Å². The van der Waals surface area contributed by atoms with Crippen LogP contribution in [0.1, 0.15) is 54.1 Å². The summed E-state index contributed by atoms with van der Waals surface area (Å²) < 4.78 is 7.69. The SMILES string of the molecule is COC(=O)C(c1ccc(Cl)cc1)(c1ccc(Cl)cc1)c1ccc2nc(C3CC3)n(CC3(O)CCNCC3)c2c1. The van der Waals surface area contributed by atoms with E-state index in [9.17, 15) is 9.90 Å². The molecule has 0 bridgehead atoms. The number of aromatic nitrogens is 2. The van der Waals surface area contributed by atoms with Crippen LogP contribution in [0.25, 0.3) is 11.0 Å². The van der Waals surface area contributed by atoms with E-state index in [1.807, 2.05) is 42.5 Å². The summed E-state index contributed by atoms with van der Waals surface area (Å²) in [7, 11) is 1.41. The van der Waals surface area contributed by atoms with Crippen LogP contribution in [0.4, 0.5) is 0 Å². The Hall–Kier alpha value is -2.90. The fourth-order valence-corrected chi connectivity index (χ4v) is 6.20. The Balaban J connectivity index is 1.59. The standard InChI is InChI=1S/C31H31Cl2N3O3/c1-39-29(37)31(21-4-9-24(32)10-5-21,22-6-11-25(33)12-7-22)23-8-13-26-27(18-23)36(28(35-26)20-2-3-20)19-30(38)14-16-34-17-15-30/h4-13,18,20,34,38H,2-3,14-17,19H2,1H3. The predicted molar refractivity (Wildman–Crippen MR) is 154 cm³/mol. The van der Waals surface area contributed by atoms with Crippen LogP contribution >= 0.6 is 23.2 Å². The van der Waals surface area contributed by atoms with Crippen molar-refractivity contribution in [2.75, 3.05) is 20.2 Å². The van der Waals surface area contributed by atoms with Crippen molar-refractivity contribution in [2.24, 2.45) is 0 Å². The largest absolute Gasteiger partial charge is 0.468 e. The molecule has 2 heterocycles. The van der Waals surface area contributed by atoms with Gasteiger partial charge in [-0.2, -0.15) is 0 Å². The average Bonchev–Trinajstić information content (AvgIpc) is 3.73. The number of hydrogen-bond donors (Lipinski definition) is 2. The first-order chi connectivity index (χ1) is 18.8. The summed E-state index contributed by atoms with van der Waals surface area (Å²) in [4.78, 5) is 19.0. The number of ether oxygens (including phenoxy) is 1. The zero-order valence-electron chi connectivity index (χ0n) is 21.8. The third kappa shape index (κ3) is 4.74. The lowest BCUT2D eigenvalue weighted by molar-refractivity contribution is -0.144. The van der Waals surface area contributed by atoms with Gasteiger partial charge in [-0.05, 0) is 91.9 Å². The molecule has 1 aliphatic heterocycles. The number of fused-ring (bicyclic) bond motifs is 1. The second kappa shape index (κ2) is 10.3. The lowest BCUT2D eigenvalue weighted by Crippen LogP contribution is -2.45. The molecule has 0 amide bonds. The van der Waals surface area contributed by atoms with Gasteiger partial charge in [0.1, 0.15) is 11.2 Å². The Morgan fingerprint density at radius 2 is 1.56 bits per heavy atom. The zero-order chi connectivity index (χ0) is 27.2. The molecule has 2 aliphatic rings. The molecule has 4 aromatic rings. The molecule has 1 aliphatic carbocycles. The minimum atomic E-state index is -1.28. The molecule has 3 aromatic carbocycles. The molecule has 39 heavy (non-hydrogen) atoms. The number of hydrogen-bond acceptors (Lipinski definition) is 5. The van der Waals surface area contributed by atoms with Gasteiger partial charge in [0.15, 0.2) is 0 Å². The molecule has 0 radical (unpaired) electrons. The summed E-state index contributed by atoms with van der Waals surface area (Å²) >= 11 is 12.5. The Labute approximate surface area is 237 Å². The smallest absolute Gasteiger partial charge is 0.325 e. The van der Waals surface area contributed by atoms with Crippen molar-refractivity contribution in [1.29, 1.82) is 0 Å². The molecule has 2 fully saturated rings. The molecule has 0 spiro atoms. The molecule has 0 atom stereocenters. The minimum Gasteiger partial charge on any atom is -0.468 e. The first-order valence-electron chi connectivity index (χ1n) is 13.4. The van der Waals surface area contributed by atoms with E-state index in [0.717, 1.165) is 59.5 Å². The van der Waals surface area contributed by atoms with Crippen LogP contribution < -0.4 is 5.32 Å². The van der Waals surface area contributed by atoms with Gasteiger partial charge >= 0.3 is 5.97 Å². The van der Waals surface area contributed by atoms with Crippen LogP contribution in [0.2, 0.25) is 10.0 Å². The van der Waals surface area contributed by atoms with E-state index in [1.54, 1.807) is 24.3 Å². The van der Waals surface area contributed by atoms with Crippen molar-refractivity contribution in [3.05, 3.63) is 99.3 Å². The lowest BCUT2D eigenvalue weighted by Gasteiger charge is -2.34. The van der Waals surface area contributed by atoms with Crippen molar-refractivity contribution >= 4 is 40.2 Å². The number of nitrogens with zero attached hydrogens (tertiary/aromatic N) is 2. The second-order valence-corrected chi connectivity index (χ2v) is 11.6. The normalized spacial score (nSPS) is 17.3. The van der Waals surface area contributed by atoms with Gasteiger partial charge in [0.25, 0.3) is 0 Å². The maximum atomic E-state index is 14.0. The molecule has 1 aromatic heterocycles. The number of methoxy groups -OCH3 is 1. The molecule has 2 N–H and O–H groups in total. The van der Waals surface area contributed by atoms with E-state index >= 15 is 0 Å². The van der Waals surface area contributed by atoms with Gasteiger partial charge in [0, 0.05) is 16.0 Å². The fourth-order valence-electron chi connectivity index (χ4n) is 5.94. The lowest BCUT2D eigenvalue weighted by atomic mass is 9.69. The van der Waals surface area contributed by atoms with E-state index in [1.165, 1.54) is 7.11 Å². The van der Waals surface area contributed by atoms with Gasteiger partial charge in [-0.3, -0.25) is 4.79 Å². The number of benzene rings is 3. The summed E-state index contributed by atoms with van der Waals surface area (Å²) in [5, 5.41) is 16.0. The van der Waals surface area contributed by atoms with Crippen LogP contribution in [0, 0.1) is 0 Å². The summed E-state index contributed by atoms with van der Waals surface area (Å²) in [6.45, 7) is 2.03. The maximum absolute atomic E-state index is 14.0. The van der Waals surface area contributed by atoms with E-state index < -0.39 is 17.0 Å². The minimum absolute atomic E-state index is 0.393. The van der Waals surface area contributed by atoms with E-state index in [0.29, 0.717) is 35.3 Å². The Bertz CT molecular complexity index is 1460. The number of halogens is 2. The van der Waals surface area contributed by atoms with Gasteiger partial charge in [-0.1, -0.05) is 53.5 Å². The van der Waals surface area contributed by atoms with Crippen molar-refractivity contribution in [3.8, 4) is 0 Å². The van der Waals surface area contributed by atoms with Crippen molar-refractivity contribution < 1.29 is 14.6 Å². The molecule has 1 saturated heterocycles. The Morgan fingerprint density at radius 1 is 1.00 bits per heavy atom. The number of esters is 1. The summed E-state index contributed by atoms with van der Waals surface area (Å²) in [6, 6.07) is 20.6. The second-order valence-electron chi connectivity index (χ2n) is 10.8. The average molecular weight is 565 g/mol. The van der Waals surface area contributed by atoms with Crippen LogP contribution in [0.3, 0.4) is 0 Å². The third-order valence-electron chi connectivity index (χ3n) is 8.19. The number of carbonyl (C=O) groups is 1. The maximum Gasteiger partial charge on any atom is 0.325 e. The van der Waals surface area contributed by atoms with Crippen LogP contribution in [-0.2, 0) is 21.5 Å². The molecule has 8 heteroatoms. The first-order valence-corrected chi connectivity index (χ1v) is 14.1. The summed E-state index contributed by atoms with van der Waals surface area (Å²) in [6.07, 6.45) is 3.55. The topological polar surface area (TPSA) is 76.4 Å². The number of carbonyl (C=O) groups excluding carboxylic acids is 1. The van der Waals surface area contributed by atoms with Crippen molar-refractivity contribution in [1.82, 2.24) is 14.9 Å². The highest BCUT2D eigenvalue weighted by Gasteiger charge is 2.46. The summed E-state index contributed by atoms with van der Waals surface area (Å²) in [5.74, 6) is 0.983. The highest BCUT2D eigenvalue weighted by atomic mass is 35.5. The molecular formula is C31H31Cl2N3O3. The molecule has 6 rings (SSSR count). The highest BCUT2D eigenvalue weighted by molar-refractivity contribution is 6.30. The van der Waals surface area contributed by atoms with Crippen molar-refractivity contribution in [2.45, 2.75) is 49.2 Å². The number of imidazole rings is 1. The number of piperidine rings is 1. The quantitative estimate of drug-likeness (QED) is 0.218. The Kier molecular flexibility index (Phi) is 6.92. The number of rotatable bonds is 7. The van der Waals surface area contributed by atoms with Crippen LogP contribution in [0.15, 0.2) is 66.7 Å². The van der Waals surface area contributed by atoms with Crippen LogP contribution in [-0.4, -0.2) is 46.4 Å². The van der Waals surface area contributed by atoms with Gasteiger partial charge in [0.2, 0.25) is 0 Å². The summed E-state index contributed by atoms with van der Waals surface area (Å²) in [5.41, 5.74) is 1.86. The highest BCUT2D eigenvalue weighted by Crippen LogP contribution is 2.45. The zero-order valence-corrected chi connectivity index (χ0v) is 23.3. The first kappa shape index (κ1) is 26.3. The van der Waals surface area contributed by atoms with Crippen LogP contribution in [0.5, 0.6) is 0 Å². The molecule has 6 nitrogen and oxygen atoms in total. The molecule has 202 valence electrons. The number of nitrogens with one attached hydrogen (secondary N) is 1.